The van der Waals surface area contributed by atoms with E-state index in [1.54, 1.807) is 13.8 Å². The average molecular weight is 257 g/mol. The third kappa shape index (κ3) is 3.02. The van der Waals surface area contributed by atoms with Gasteiger partial charge in [-0.2, -0.15) is 0 Å². The van der Waals surface area contributed by atoms with E-state index in [-0.39, 0.29) is 5.91 Å². The van der Waals surface area contributed by atoms with Crippen molar-refractivity contribution in [1.29, 1.82) is 0 Å². The molecule has 1 saturated carbocycles. The summed E-state index contributed by atoms with van der Waals surface area (Å²) in [6.45, 7) is 5.36. The maximum absolute atomic E-state index is 12.1. The molecule has 5 heteroatoms. The molecule has 1 fully saturated rings. The number of carboxylic acid groups (broad SMARTS) is 1. The highest BCUT2D eigenvalue weighted by molar-refractivity contribution is 5.91. The fourth-order valence-corrected chi connectivity index (χ4v) is 2.11. The first-order valence-electron chi connectivity index (χ1n) is 6.35. The topological polar surface area (TPSA) is 75.6 Å². The predicted molar refractivity (Wildman–Crippen MR) is 67.2 cm³/mol. The average Bonchev–Trinajstić information content (AvgIpc) is 2.32. The van der Waals surface area contributed by atoms with Gasteiger partial charge in [0, 0.05) is 7.11 Å². The Morgan fingerprint density at radius 2 is 1.83 bits per heavy atom. The summed E-state index contributed by atoms with van der Waals surface area (Å²) in [5.41, 5.74) is -2.13. The van der Waals surface area contributed by atoms with Crippen LogP contribution in [0.5, 0.6) is 0 Å². The molecule has 18 heavy (non-hydrogen) atoms. The van der Waals surface area contributed by atoms with Crippen LogP contribution in [0.4, 0.5) is 0 Å². The molecule has 0 aromatic rings. The third-order valence-electron chi connectivity index (χ3n) is 3.95. The van der Waals surface area contributed by atoms with Gasteiger partial charge in [-0.25, -0.2) is 4.79 Å². The van der Waals surface area contributed by atoms with Gasteiger partial charge >= 0.3 is 5.97 Å². The van der Waals surface area contributed by atoms with Gasteiger partial charge in [-0.1, -0.05) is 6.92 Å². The van der Waals surface area contributed by atoms with E-state index in [0.717, 1.165) is 12.8 Å². The number of carboxylic acids is 1. The van der Waals surface area contributed by atoms with Crippen LogP contribution in [0, 0.1) is 5.92 Å². The quantitative estimate of drug-likeness (QED) is 0.801. The normalized spacial score (nSPS) is 28.8. The Kier molecular flexibility index (Phi) is 4.37. The molecule has 0 aromatic heterocycles. The molecular weight excluding hydrogens is 234 g/mol. The van der Waals surface area contributed by atoms with Crippen LogP contribution in [-0.4, -0.2) is 35.2 Å². The van der Waals surface area contributed by atoms with Gasteiger partial charge in [-0.15, -0.1) is 0 Å². The molecule has 0 radical (unpaired) electrons. The molecular formula is C13H23NO4. The molecule has 0 aliphatic heterocycles. The highest BCUT2D eigenvalue weighted by Gasteiger charge is 2.44. The number of ether oxygens (including phenoxy) is 1. The minimum absolute atomic E-state index is 0.373. The second-order valence-electron chi connectivity index (χ2n) is 5.74. The largest absolute Gasteiger partial charge is 0.480 e. The van der Waals surface area contributed by atoms with E-state index in [1.165, 1.54) is 7.11 Å². The van der Waals surface area contributed by atoms with Gasteiger partial charge in [-0.3, -0.25) is 4.79 Å². The Bertz CT molecular complexity index is 330. The van der Waals surface area contributed by atoms with Crippen LogP contribution in [0.2, 0.25) is 0 Å². The summed E-state index contributed by atoms with van der Waals surface area (Å²) >= 11 is 0. The summed E-state index contributed by atoms with van der Waals surface area (Å²) in [7, 11) is 1.44. The maximum atomic E-state index is 12.1. The first-order valence-corrected chi connectivity index (χ1v) is 6.35. The molecule has 1 aliphatic rings. The number of nitrogens with one attached hydrogen (secondary N) is 1. The van der Waals surface area contributed by atoms with Crippen LogP contribution >= 0.6 is 0 Å². The summed E-state index contributed by atoms with van der Waals surface area (Å²) in [5.74, 6) is -0.804. The predicted octanol–water partition coefficient (Wildman–Crippen LogP) is 1.56. The molecule has 0 bridgehead atoms. The fraction of sp³-hybridized carbons (Fsp3) is 0.846. The van der Waals surface area contributed by atoms with Gasteiger partial charge in [0.15, 0.2) is 0 Å². The molecule has 0 unspecified atom stereocenters. The first-order chi connectivity index (χ1) is 8.23. The smallest absolute Gasteiger partial charge is 0.329 e. The Morgan fingerprint density at radius 1 is 1.33 bits per heavy atom. The van der Waals surface area contributed by atoms with Crippen molar-refractivity contribution in [3.63, 3.8) is 0 Å². The minimum Gasteiger partial charge on any atom is -0.480 e. The van der Waals surface area contributed by atoms with Crippen LogP contribution in [0.1, 0.15) is 46.5 Å². The lowest BCUT2D eigenvalue weighted by Crippen LogP contribution is -2.60. The van der Waals surface area contributed by atoms with Gasteiger partial charge in [0.2, 0.25) is 0 Å². The van der Waals surface area contributed by atoms with Crippen molar-refractivity contribution in [2.75, 3.05) is 7.11 Å². The highest BCUT2D eigenvalue weighted by Crippen LogP contribution is 2.32. The second kappa shape index (κ2) is 5.26. The zero-order valence-corrected chi connectivity index (χ0v) is 11.6. The fourth-order valence-electron chi connectivity index (χ4n) is 2.11. The van der Waals surface area contributed by atoms with Gasteiger partial charge < -0.3 is 15.2 Å². The molecule has 2 N–H and O–H groups in total. The van der Waals surface area contributed by atoms with Crippen molar-refractivity contribution in [1.82, 2.24) is 5.32 Å². The lowest BCUT2D eigenvalue weighted by atomic mass is 9.77. The van der Waals surface area contributed by atoms with E-state index in [9.17, 15) is 14.7 Å². The van der Waals surface area contributed by atoms with Crippen LogP contribution in [0.3, 0.4) is 0 Å². The minimum atomic E-state index is -1.13. The lowest BCUT2D eigenvalue weighted by Gasteiger charge is -2.38. The van der Waals surface area contributed by atoms with Crippen molar-refractivity contribution >= 4 is 11.9 Å². The standard InChI is InChI=1S/C13H23NO4/c1-9-5-7-13(8-6-9,11(16)17)14-10(15)12(2,3)18-4/h9H,5-8H2,1-4H3,(H,14,15)(H,16,17). The van der Waals surface area contributed by atoms with Gasteiger partial charge in [-0.05, 0) is 45.4 Å². The molecule has 1 rings (SSSR count). The monoisotopic (exact) mass is 257 g/mol. The Hall–Kier alpha value is -1.10. The molecule has 0 atom stereocenters. The number of methoxy groups -OCH3 is 1. The first kappa shape index (κ1) is 15.0. The van der Waals surface area contributed by atoms with Gasteiger partial charge in [0.05, 0.1) is 0 Å². The molecule has 0 heterocycles. The van der Waals surface area contributed by atoms with Crippen LogP contribution in [0.15, 0.2) is 0 Å². The zero-order chi connectivity index (χ0) is 14.0. The summed E-state index contributed by atoms with van der Waals surface area (Å²) in [4.78, 5) is 23.5. The Morgan fingerprint density at radius 3 is 2.22 bits per heavy atom. The number of amides is 1. The van der Waals surface area contributed by atoms with Crippen LogP contribution < -0.4 is 5.32 Å². The van der Waals surface area contributed by atoms with Crippen molar-refractivity contribution < 1.29 is 19.4 Å². The molecule has 1 amide bonds. The van der Waals surface area contributed by atoms with Gasteiger partial charge in [0.25, 0.3) is 5.91 Å². The van der Waals surface area contributed by atoms with Crippen molar-refractivity contribution in [2.45, 2.75) is 57.6 Å². The van der Waals surface area contributed by atoms with E-state index >= 15 is 0 Å². The third-order valence-corrected chi connectivity index (χ3v) is 3.95. The number of hydrogen-bond donors (Lipinski definition) is 2. The van der Waals surface area contributed by atoms with E-state index in [4.69, 9.17) is 4.74 Å². The van der Waals surface area contributed by atoms with Crippen molar-refractivity contribution in [3.05, 3.63) is 0 Å². The lowest BCUT2D eigenvalue weighted by molar-refractivity contribution is -0.154. The number of carbonyl (C=O) groups excluding carboxylic acids is 1. The summed E-state index contributed by atoms with van der Waals surface area (Å²) < 4.78 is 5.08. The van der Waals surface area contributed by atoms with E-state index in [1.807, 2.05) is 0 Å². The number of rotatable bonds is 4. The van der Waals surface area contributed by atoms with Crippen molar-refractivity contribution in [3.8, 4) is 0 Å². The van der Waals surface area contributed by atoms with Crippen LogP contribution in [0.25, 0.3) is 0 Å². The zero-order valence-electron chi connectivity index (χ0n) is 11.6. The molecule has 0 saturated heterocycles. The molecule has 104 valence electrons. The number of hydrogen-bond acceptors (Lipinski definition) is 3. The summed E-state index contributed by atoms with van der Waals surface area (Å²) in [6.07, 6.45) is 2.60. The molecule has 0 spiro atoms. The SMILES string of the molecule is COC(C)(C)C(=O)NC1(C(=O)O)CCC(C)CC1. The Balaban J connectivity index is 2.82. The van der Waals surface area contributed by atoms with E-state index < -0.39 is 17.1 Å². The summed E-state index contributed by atoms with van der Waals surface area (Å²) in [5, 5.41) is 12.1. The van der Waals surface area contributed by atoms with E-state index in [2.05, 4.69) is 12.2 Å². The highest BCUT2D eigenvalue weighted by atomic mass is 16.5. The molecule has 5 nitrogen and oxygen atoms in total. The number of carbonyl (C=O) groups is 2. The molecule has 0 aromatic carbocycles. The summed E-state index contributed by atoms with van der Waals surface area (Å²) in [6, 6.07) is 0. The molecule has 1 aliphatic carbocycles. The Labute approximate surface area is 108 Å². The van der Waals surface area contributed by atoms with Crippen LogP contribution in [-0.2, 0) is 14.3 Å². The van der Waals surface area contributed by atoms with Gasteiger partial charge in [0.1, 0.15) is 11.1 Å². The number of aliphatic carboxylic acids is 1. The van der Waals surface area contributed by atoms with Crippen molar-refractivity contribution in [2.24, 2.45) is 5.92 Å². The maximum Gasteiger partial charge on any atom is 0.329 e. The van der Waals surface area contributed by atoms with E-state index in [0.29, 0.717) is 18.8 Å². The second-order valence-corrected chi connectivity index (χ2v) is 5.74.